The highest BCUT2D eigenvalue weighted by Gasteiger charge is 2.45. The Morgan fingerprint density at radius 3 is 2.03 bits per heavy atom. The predicted molar refractivity (Wildman–Crippen MR) is 126 cm³/mol. The van der Waals surface area contributed by atoms with E-state index in [0.717, 1.165) is 11.3 Å². The number of anilines is 1. The van der Waals surface area contributed by atoms with E-state index >= 15 is 0 Å². The second-order valence-electron chi connectivity index (χ2n) is 9.12. The molecule has 1 heterocycles. The highest BCUT2D eigenvalue weighted by molar-refractivity contribution is 6.01. The van der Waals surface area contributed by atoms with Gasteiger partial charge in [-0.15, -0.1) is 0 Å². The van der Waals surface area contributed by atoms with Crippen LogP contribution in [0.1, 0.15) is 50.3 Å². The average molecular weight is 396 g/mol. The van der Waals surface area contributed by atoms with Crippen LogP contribution in [0.15, 0.2) is 90.5 Å². The molecule has 1 aliphatic heterocycles. The van der Waals surface area contributed by atoms with Gasteiger partial charge in [0.1, 0.15) is 0 Å². The Hall–Kier alpha value is -3.13. The van der Waals surface area contributed by atoms with Crippen molar-refractivity contribution in [2.75, 3.05) is 4.90 Å². The Labute approximate surface area is 179 Å². The van der Waals surface area contributed by atoms with Crippen LogP contribution in [-0.4, -0.2) is 11.9 Å². The van der Waals surface area contributed by atoms with Gasteiger partial charge in [0.05, 0.1) is 6.04 Å². The number of carbonyl (C=O) groups excluding carboxylic acids is 1. The van der Waals surface area contributed by atoms with E-state index in [1.165, 1.54) is 16.7 Å². The third-order valence-corrected chi connectivity index (χ3v) is 5.80. The first-order chi connectivity index (χ1) is 14.4. The number of benzene rings is 3. The van der Waals surface area contributed by atoms with Gasteiger partial charge in [-0.1, -0.05) is 106 Å². The van der Waals surface area contributed by atoms with Crippen LogP contribution in [0.5, 0.6) is 0 Å². The fourth-order valence-electron chi connectivity index (χ4n) is 4.42. The Morgan fingerprint density at radius 2 is 1.40 bits per heavy atom. The molecular weight excluding hydrogens is 366 g/mol. The molecule has 0 radical (unpaired) electrons. The molecule has 1 amide bonds. The smallest absolute Gasteiger partial charge is 0.232 e. The first-order valence-corrected chi connectivity index (χ1v) is 10.6. The third kappa shape index (κ3) is 3.70. The van der Waals surface area contributed by atoms with Crippen molar-refractivity contribution in [1.29, 1.82) is 0 Å². The number of carbonyl (C=O) groups is 1. The topological polar surface area (TPSA) is 20.3 Å². The molecule has 30 heavy (non-hydrogen) atoms. The van der Waals surface area contributed by atoms with E-state index < -0.39 is 5.41 Å². The first kappa shape index (κ1) is 20.2. The summed E-state index contributed by atoms with van der Waals surface area (Å²) in [5.74, 6) is 0.257. The molecule has 2 atom stereocenters. The molecule has 152 valence electrons. The summed E-state index contributed by atoms with van der Waals surface area (Å²) in [6, 6.07) is 29.2. The Morgan fingerprint density at radius 1 is 0.833 bits per heavy atom. The van der Waals surface area contributed by atoms with Crippen LogP contribution < -0.4 is 4.90 Å². The summed E-state index contributed by atoms with van der Waals surface area (Å²) in [5.41, 5.74) is 5.35. The van der Waals surface area contributed by atoms with Crippen LogP contribution in [0.25, 0.3) is 6.08 Å². The highest BCUT2D eigenvalue weighted by Crippen LogP contribution is 2.48. The van der Waals surface area contributed by atoms with Gasteiger partial charge >= 0.3 is 0 Å². The average Bonchev–Trinajstić information content (AvgIpc) is 3.09. The molecule has 0 spiro atoms. The fourth-order valence-corrected chi connectivity index (χ4v) is 4.42. The molecule has 3 aromatic carbocycles. The maximum atomic E-state index is 13.7. The maximum absolute atomic E-state index is 13.7. The third-order valence-electron chi connectivity index (χ3n) is 5.80. The molecule has 0 saturated heterocycles. The van der Waals surface area contributed by atoms with Gasteiger partial charge in [0.25, 0.3) is 0 Å². The summed E-state index contributed by atoms with van der Waals surface area (Å²) in [7, 11) is 0. The van der Waals surface area contributed by atoms with Gasteiger partial charge in [0.2, 0.25) is 5.91 Å². The largest absolute Gasteiger partial charge is 0.304 e. The number of rotatable bonds is 3. The monoisotopic (exact) mass is 395 g/mol. The van der Waals surface area contributed by atoms with Crippen LogP contribution in [0.2, 0.25) is 0 Å². The summed E-state index contributed by atoms with van der Waals surface area (Å²) in [5, 5.41) is 0. The summed E-state index contributed by atoms with van der Waals surface area (Å²) < 4.78 is 0. The van der Waals surface area contributed by atoms with Crippen LogP contribution in [0, 0.1) is 5.41 Å². The van der Waals surface area contributed by atoms with E-state index in [2.05, 4.69) is 79.7 Å². The minimum absolute atomic E-state index is 0.0586. The molecule has 2 nitrogen and oxygen atoms in total. The van der Waals surface area contributed by atoms with Crippen molar-refractivity contribution in [3.63, 3.8) is 0 Å². The van der Waals surface area contributed by atoms with Crippen molar-refractivity contribution in [3.8, 4) is 0 Å². The van der Waals surface area contributed by atoms with Crippen molar-refractivity contribution in [3.05, 3.63) is 107 Å². The molecule has 4 rings (SSSR count). The summed E-state index contributed by atoms with van der Waals surface area (Å²) in [6.07, 6.45) is 2.22. The number of fused-ring (bicyclic) bond motifs is 1. The maximum Gasteiger partial charge on any atom is 0.232 e. The second kappa shape index (κ2) is 7.95. The van der Waals surface area contributed by atoms with Crippen LogP contribution in [-0.2, 0) is 4.79 Å². The van der Waals surface area contributed by atoms with Gasteiger partial charge in [-0.25, -0.2) is 0 Å². The normalized spacial score (nSPS) is 18.9. The van der Waals surface area contributed by atoms with E-state index in [1.807, 2.05) is 43.9 Å². The van der Waals surface area contributed by atoms with Crippen LogP contribution >= 0.6 is 0 Å². The zero-order chi connectivity index (χ0) is 21.3. The number of amides is 1. The van der Waals surface area contributed by atoms with Gasteiger partial charge in [0.15, 0.2) is 0 Å². The molecule has 0 N–H and O–H groups in total. The highest BCUT2D eigenvalue weighted by atomic mass is 16.2. The zero-order valence-corrected chi connectivity index (χ0v) is 18.2. The van der Waals surface area contributed by atoms with Gasteiger partial charge in [-0.3, -0.25) is 4.79 Å². The molecule has 0 aromatic heterocycles. The van der Waals surface area contributed by atoms with Gasteiger partial charge < -0.3 is 4.90 Å². The second-order valence-corrected chi connectivity index (χ2v) is 9.12. The van der Waals surface area contributed by atoms with Crippen molar-refractivity contribution in [1.82, 2.24) is 0 Å². The van der Waals surface area contributed by atoms with Crippen LogP contribution in [0.3, 0.4) is 0 Å². The molecule has 3 aromatic rings. The summed E-state index contributed by atoms with van der Waals surface area (Å²) >= 11 is 0. The predicted octanol–water partition coefficient (Wildman–Crippen LogP) is 6.68. The first-order valence-electron chi connectivity index (χ1n) is 10.6. The number of para-hydroxylation sites is 1. The molecule has 0 fully saturated rings. The number of hydrogen-bond acceptors (Lipinski definition) is 1. The fraction of sp³-hybridized carbons (Fsp3) is 0.250. The van der Waals surface area contributed by atoms with E-state index in [-0.39, 0.29) is 17.9 Å². The zero-order valence-electron chi connectivity index (χ0n) is 18.2. The Kier molecular flexibility index (Phi) is 5.34. The number of nitrogens with zero attached hydrogens (tertiary/aromatic N) is 1. The lowest BCUT2D eigenvalue weighted by Gasteiger charge is -2.34. The van der Waals surface area contributed by atoms with Gasteiger partial charge in [0, 0.05) is 17.0 Å². The molecule has 0 bridgehead atoms. The molecule has 2 heteroatoms. The minimum atomic E-state index is -0.468. The Bertz CT molecular complexity index is 1060. The van der Waals surface area contributed by atoms with Crippen molar-refractivity contribution in [2.24, 2.45) is 5.41 Å². The van der Waals surface area contributed by atoms with Crippen molar-refractivity contribution in [2.45, 2.75) is 39.7 Å². The SMILES string of the molecule is C/C(=C\c1ccccc1)[C@H]1[C@H](c2ccccc2)c2ccccc2N1C(=O)C(C)(C)C. The molecule has 0 saturated carbocycles. The quantitative estimate of drug-likeness (QED) is 0.484. The lowest BCUT2D eigenvalue weighted by Crippen LogP contribution is -2.45. The van der Waals surface area contributed by atoms with E-state index in [9.17, 15) is 4.79 Å². The van der Waals surface area contributed by atoms with E-state index in [1.54, 1.807) is 0 Å². The van der Waals surface area contributed by atoms with Gasteiger partial charge in [-0.2, -0.15) is 0 Å². The molecule has 1 aliphatic rings. The minimum Gasteiger partial charge on any atom is -0.304 e. The molecule has 0 aliphatic carbocycles. The van der Waals surface area contributed by atoms with E-state index in [0.29, 0.717) is 0 Å². The summed E-state index contributed by atoms with van der Waals surface area (Å²) in [6.45, 7) is 8.16. The van der Waals surface area contributed by atoms with E-state index in [4.69, 9.17) is 0 Å². The Balaban J connectivity index is 1.91. The standard InChI is InChI=1S/C28H29NO/c1-20(19-21-13-7-5-8-14-21)26-25(22-15-9-6-10-16-22)23-17-11-12-18-24(23)29(26)27(30)28(2,3)4/h5-19,25-26H,1-4H3/b20-19+/t25-,26+/m1/s1. The molecular formula is C28H29NO. The summed E-state index contributed by atoms with van der Waals surface area (Å²) in [4.78, 5) is 15.7. The van der Waals surface area contributed by atoms with Crippen molar-refractivity contribution < 1.29 is 4.79 Å². The number of hydrogen-bond donors (Lipinski definition) is 0. The van der Waals surface area contributed by atoms with Crippen LogP contribution in [0.4, 0.5) is 5.69 Å². The van der Waals surface area contributed by atoms with Gasteiger partial charge in [-0.05, 0) is 35.3 Å². The van der Waals surface area contributed by atoms with Crippen molar-refractivity contribution >= 4 is 17.7 Å². The lowest BCUT2D eigenvalue weighted by atomic mass is 9.83. The lowest BCUT2D eigenvalue weighted by molar-refractivity contribution is -0.126. The molecule has 0 unspecified atom stereocenters.